The van der Waals surface area contributed by atoms with Crippen LogP contribution in [-0.4, -0.2) is 5.96 Å². The Morgan fingerprint density at radius 3 is 2.71 bits per heavy atom. The van der Waals surface area contributed by atoms with E-state index >= 15 is 0 Å². The summed E-state index contributed by atoms with van der Waals surface area (Å²) in [6.07, 6.45) is 0. The highest BCUT2D eigenvalue weighted by molar-refractivity contribution is 14.0. The van der Waals surface area contributed by atoms with E-state index in [2.05, 4.69) is 54.7 Å². The molecule has 0 aliphatic rings. The molecule has 0 spiro atoms. The number of guanidine groups is 1. The van der Waals surface area contributed by atoms with Gasteiger partial charge in [-0.05, 0) is 47.5 Å². The maximum absolute atomic E-state index is 5.94. The van der Waals surface area contributed by atoms with Crippen LogP contribution in [-0.2, 0) is 6.54 Å². The predicted octanol–water partition coefficient (Wildman–Crippen LogP) is 4.72. The van der Waals surface area contributed by atoms with Crippen LogP contribution >= 0.6 is 35.3 Å². The fourth-order valence-corrected chi connectivity index (χ4v) is 2.72. The molecule has 0 atom stereocenters. The number of aliphatic imine (C=N–C) groups is 1. The summed E-state index contributed by atoms with van der Waals surface area (Å²) in [7, 11) is 0. The Morgan fingerprint density at radius 2 is 2.10 bits per heavy atom. The number of thiophene rings is 1. The number of halogens is 1. The van der Waals surface area contributed by atoms with E-state index in [1.807, 2.05) is 12.1 Å². The molecule has 0 aliphatic carbocycles. The van der Waals surface area contributed by atoms with Crippen LogP contribution in [0.2, 0.25) is 0 Å². The molecule has 3 N–H and O–H groups in total. The van der Waals surface area contributed by atoms with Crippen molar-refractivity contribution in [3.63, 3.8) is 0 Å². The van der Waals surface area contributed by atoms with Crippen LogP contribution < -0.4 is 11.1 Å². The SMILES string of the molecule is Cc1ccsc1CN=C(N)Nc1cccc(C(C)C)c1.I. The zero-order valence-electron chi connectivity index (χ0n) is 12.6. The summed E-state index contributed by atoms with van der Waals surface area (Å²) < 4.78 is 0. The highest BCUT2D eigenvalue weighted by Gasteiger charge is 2.02. The molecule has 21 heavy (non-hydrogen) atoms. The highest BCUT2D eigenvalue weighted by Crippen LogP contribution is 2.19. The molecule has 2 rings (SSSR count). The maximum atomic E-state index is 5.94. The number of hydrogen-bond donors (Lipinski definition) is 2. The molecule has 0 bridgehead atoms. The molecule has 0 saturated carbocycles. The molecule has 0 radical (unpaired) electrons. The largest absolute Gasteiger partial charge is 0.370 e. The number of nitrogens with two attached hydrogens (primary N) is 1. The standard InChI is InChI=1S/C16H21N3S.HI/c1-11(2)13-5-4-6-14(9-13)19-16(17)18-10-15-12(3)7-8-20-15;/h4-9,11H,10H2,1-3H3,(H3,17,18,19);1H. The molecule has 1 aromatic carbocycles. The summed E-state index contributed by atoms with van der Waals surface area (Å²) in [5, 5.41) is 5.23. The lowest BCUT2D eigenvalue weighted by Crippen LogP contribution is -2.22. The highest BCUT2D eigenvalue weighted by atomic mass is 127. The molecular formula is C16H22IN3S. The van der Waals surface area contributed by atoms with E-state index in [1.165, 1.54) is 16.0 Å². The molecule has 3 nitrogen and oxygen atoms in total. The number of anilines is 1. The van der Waals surface area contributed by atoms with Crippen molar-refractivity contribution in [2.75, 3.05) is 5.32 Å². The van der Waals surface area contributed by atoms with E-state index in [0.717, 1.165) is 5.69 Å². The Hall–Kier alpha value is -1.08. The van der Waals surface area contributed by atoms with Gasteiger partial charge in [0.25, 0.3) is 0 Å². The summed E-state index contributed by atoms with van der Waals surface area (Å²) in [6, 6.07) is 10.4. The maximum Gasteiger partial charge on any atom is 0.193 e. The minimum absolute atomic E-state index is 0. The molecular weight excluding hydrogens is 393 g/mol. The summed E-state index contributed by atoms with van der Waals surface area (Å²) in [6.45, 7) is 7.08. The minimum atomic E-state index is 0. The van der Waals surface area contributed by atoms with Crippen molar-refractivity contribution in [3.05, 3.63) is 51.7 Å². The van der Waals surface area contributed by atoms with Gasteiger partial charge in [0.2, 0.25) is 0 Å². The second-order valence-electron chi connectivity index (χ2n) is 5.13. The van der Waals surface area contributed by atoms with Gasteiger partial charge in [-0.15, -0.1) is 35.3 Å². The summed E-state index contributed by atoms with van der Waals surface area (Å²) in [5.74, 6) is 0.961. The van der Waals surface area contributed by atoms with E-state index in [9.17, 15) is 0 Å². The zero-order chi connectivity index (χ0) is 14.5. The van der Waals surface area contributed by atoms with Crippen molar-refractivity contribution in [1.82, 2.24) is 0 Å². The quantitative estimate of drug-likeness (QED) is 0.431. The third-order valence-corrected chi connectivity index (χ3v) is 4.19. The number of aryl methyl sites for hydroxylation is 1. The van der Waals surface area contributed by atoms with Crippen LogP contribution in [0, 0.1) is 6.92 Å². The van der Waals surface area contributed by atoms with Gasteiger partial charge in [-0.2, -0.15) is 0 Å². The van der Waals surface area contributed by atoms with Crippen LogP contribution in [0.3, 0.4) is 0 Å². The third-order valence-electron chi connectivity index (χ3n) is 3.19. The number of nitrogens with one attached hydrogen (secondary N) is 1. The fraction of sp³-hybridized carbons (Fsp3) is 0.312. The number of rotatable bonds is 4. The van der Waals surface area contributed by atoms with Crippen LogP contribution in [0.15, 0.2) is 40.7 Å². The van der Waals surface area contributed by atoms with E-state index in [1.54, 1.807) is 11.3 Å². The second-order valence-corrected chi connectivity index (χ2v) is 6.13. The smallest absolute Gasteiger partial charge is 0.193 e. The second kappa shape index (κ2) is 8.38. The number of benzene rings is 1. The van der Waals surface area contributed by atoms with Crippen molar-refractivity contribution in [2.45, 2.75) is 33.2 Å². The van der Waals surface area contributed by atoms with Gasteiger partial charge in [0, 0.05) is 10.6 Å². The predicted molar refractivity (Wildman–Crippen MR) is 104 cm³/mol. The average Bonchev–Trinajstić information content (AvgIpc) is 2.82. The molecule has 5 heteroatoms. The number of hydrogen-bond acceptors (Lipinski definition) is 2. The first-order chi connectivity index (χ1) is 9.56. The van der Waals surface area contributed by atoms with Gasteiger partial charge in [-0.1, -0.05) is 26.0 Å². The Labute approximate surface area is 147 Å². The van der Waals surface area contributed by atoms with Crippen LogP contribution in [0.25, 0.3) is 0 Å². The van der Waals surface area contributed by atoms with Gasteiger partial charge >= 0.3 is 0 Å². The first-order valence-electron chi connectivity index (χ1n) is 6.76. The summed E-state index contributed by atoms with van der Waals surface area (Å²) in [5.41, 5.74) is 9.49. The first-order valence-corrected chi connectivity index (χ1v) is 7.64. The normalized spacial score (nSPS) is 11.3. The van der Waals surface area contributed by atoms with E-state index in [-0.39, 0.29) is 24.0 Å². The van der Waals surface area contributed by atoms with E-state index < -0.39 is 0 Å². The molecule has 0 amide bonds. The minimum Gasteiger partial charge on any atom is -0.370 e. The lowest BCUT2D eigenvalue weighted by molar-refractivity contribution is 0.867. The summed E-state index contributed by atoms with van der Waals surface area (Å²) >= 11 is 1.71. The summed E-state index contributed by atoms with van der Waals surface area (Å²) in [4.78, 5) is 5.65. The molecule has 1 aromatic heterocycles. The third kappa shape index (κ3) is 5.32. The van der Waals surface area contributed by atoms with Crippen LogP contribution in [0.4, 0.5) is 5.69 Å². The van der Waals surface area contributed by atoms with Crippen LogP contribution in [0.5, 0.6) is 0 Å². The molecule has 2 aromatic rings. The molecule has 0 aliphatic heterocycles. The average molecular weight is 415 g/mol. The van der Waals surface area contributed by atoms with Crippen molar-refractivity contribution in [2.24, 2.45) is 10.7 Å². The monoisotopic (exact) mass is 415 g/mol. The topological polar surface area (TPSA) is 50.4 Å². The van der Waals surface area contributed by atoms with E-state index in [4.69, 9.17) is 5.73 Å². The molecule has 0 saturated heterocycles. The lowest BCUT2D eigenvalue weighted by Gasteiger charge is -2.09. The molecule has 114 valence electrons. The van der Waals surface area contributed by atoms with Crippen molar-refractivity contribution >= 4 is 47.0 Å². The van der Waals surface area contributed by atoms with Gasteiger partial charge < -0.3 is 11.1 Å². The molecule has 0 unspecified atom stereocenters. The Bertz CT molecular complexity index is 605. The zero-order valence-corrected chi connectivity index (χ0v) is 15.7. The Kier molecular flexibility index (Phi) is 7.17. The van der Waals surface area contributed by atoms with Gasteiger partial charge in [0.1, 0.15) is 0 Å². The Balaban J connectivity index is 0.00000220. The van der Waals surface area contributed by atoms with Crippen molar-refractivity contribution < 1.29 is 0 Å². The first kappa shape index (κ1) is 18.0. The Morgan fingerprint density at radius 1 is 1.33 bits per heavy atom. The van der Waals surface area contributed by atoms with E-state index in [0.29, 0.717) is 18.4 Å². The number of nitrogens with zero attached hydrogens (tertiary/aromatic N) is 1. The van der Waals surface area contributed by atoms with Crippen molar-refractivity contribution in [3.8, 4) is 0 Å². The van der Waals surface area contributed by atoms with Gasteiger partial charge in [0.05, 0.1) is 6.54 Å². The fourth-order valence-electron chi connectivity index (χ4n) is 1.89. The van der Waals surface area contributed by atoms with Gasteiger partial charge in [-0.25, -0.2) is 4.99 Å². The van der Waals surface area contributed by atoms with Crippen molar-refractivity contribution in [1.29, 1.82) is 0 Å². The molecule has 0 fully saturated rings. The van der Waals surface area contributed by atoms with Gasteiger partial charge in [0.15, 0.2) is 5.96 Å². The molecule has 1 heterocycles. The lowest BCUT2D eigenvalue weighted by atomic mass is 10.0. The van der Waals surface area contributed by atoms with Crippen LogP contribution in [0.1, 0.15) is 35.8 Å². The van der Waals surface area contributed by atoms with Gasteiger partial charge in [-0.3, -0.25) is 0 Å².